The second-order valence-corrected chi connectivity index (χ2v) is 20.5. The van der Waals surface area contributed by atoms with Gasteiger partial charge in [-0.05, 0) is 51.4 Å². The van der Waals surface area contributed by atoms with E-state index in [0.29, 0.717) is 25.7 Å². The molecule has 1 aliphatic rings. The van der Waals surface area contributed by atoms with Crippen molar-refractivity contribution in [2.75, 3.05) is 13.2 Å². The van der Waals surface area contributed by atoms with Crippen LogP contribution in [0.1, 0.15) is 168 Å². The first-order valence-electron chi connectivity index (χ1n) is 23.9. The fourth-order valence-electron chi connectivity index (χ4n) is 7.05. The molecule has 0 aliphatic heterocycles. The molecule has 0 heterocycles. The summed E-state index contributed by atoms with van der Waals surface area (Å²) in [4.78, 5) is 73.1. The number of allylic oxidation sites excluding steroid dienone is 8. The number of aliphatic hydroxyl groups excluding tert-OH is 3. The first-order valence-corrected chi connectivity index (χ1v) is 28.5. The summed E-state index contributed by atoms with van der Waals surface area (Å²) in [6.07, 6.45) is 22.8. The Balaban J connectivity index is 2.78. The van der Waals surface area contributed by atoms with Crippen molar-refractivity contribution in [1.82, 2.24) is 0 Å². The standard InChI is InChI=1S/C45H81O19P3/c1-3-5-7-9-11-13-15-17-18-19-20-22-24-26-28-30-32-34-39(47)61-37(35-59-38(46)33-31-29-27-25-23-21-16-14-12-10-8-6-4-2)36-60-67(57,58)64-43-40(48)41(49)44(62-65(51,52)53)45(42(43)50)63-66(54,55)56/h11,13,17-18,20,22,26,28,37,40-45,48-50H,3-10,12,14-16,19,21,23-25,27,29-36H2,1-2H3,(H,57,58)(H2,51,52,53)(H2,54,55,56)/t37-,40?,41?,42?,43+,44?,45+/m1/s1. The lowest BCUT2D eigenvalue weighted by atomic mass is 9.85. The molecule has 0 aromatic carbocycles. The van der Waals surface area contributed by atoms with Crippen LogP contribution in [0.4, 0.5) is 0 Å². The highest BCUT2D eigenvalue weighted by molar-refractivity contribution is 7.47. The molecule has 390 valence electrons. The van der Waals surface area contributed by atoms with Crippen molar-refractivity contribution in [2.45, 2.75) is 211 Å². The molecule has 19 nitrogen and oxygen atoms in total. The van der Waals surface area contributed by atoms with Crippen LogP contribution in [-0.2, 0) is 50.9 Å². The third kappa shape index (κ3) is 33.4. The van der Waals surface area contributed by atoms with Crippen LogP contribution >= 0.6 is 23.5 Å². The van der Waals surface area contributed by atoms with Crippen LogP contribution < -0.4 is 0 Å². The van der Waals surface area contributed by atoms with E-state index >= 15 is 0 Å². The van der Waals surface area contributed by atoms with Gasteiger partial charge < -0.3 is 49.3 Å². The monoisotopic (exact) mass is 1020 g/mol. The van der Waals surface area contributed by atoms with Crippen molar-refractivity contribution < 1.29 is 90.6 Å². The predicted octanol–water partition coefficient (Wildman–Crippen LogP) is 8.62. The van der Waals surface area contributed by atoms with E-state index in [0.717, 1.165) is 44.9 Å². The van der Waals surface area contributed by atoms with Crippen molar-refractivity contribution in [1.29, 1.82) is 0 Å². The summed E-state index contributed by atoms with van der Waals surface area (Å²) in [5.74, 6) is -1.36. The second-order valence-electron chi connectivity index (χ2n) is 16.7. The highest BCUT2D eigenvalue weighted by atomic mass is 31.2. The Morgan fingerprint density at radius 1 is 0.478 bits per heavy atom. The quantitative estimate of drug-likeness (QED) is 0.0123. The Morgan fingerprint density at radius 3 is 1.37 bits per heavy atom. The summed E-state index contributed by atoms with van der Waals surface area (Å²) in [5, 5.41) is 31.9. The van der Waals surface area contributed by atoms with E-state index in [1.165, 1.54) is 70.6 Å². The van der Waals surface area contributed by atoms with Gasteiger partial charge in [-0.15, -0.1) is 0 Å². The van der Waals surface area contributed by atoms with Crippen molar-refractivity contribution in [2.24, 2.45) is 0 Å². The largest absolute Gasteiger partial charge is 0.472 e. The van der Waals surface area contributed by atoms with E-state index in [1.54, 1.807) is 0 Å². The number of phosphoric ester groups is 3. The Kier molecular flexibility index (Phi) is 34.8. The predicted molar refractivity (Wildman–Crippen MR) is 252 cm³/mol. The van der Waals surface area contributed by atoms with Gasteiger partial charge in [0.15, 0.2) is 6.10 Å². The number of hydrogen-bond acceptors (Lipinski definition) is 14. The van der Waals surface area contributed by atoms with Gasteiger partial charge >= 0.3 is 35.4 Å². The highest BCUT2D eigenvalue weighted by Gasteiger charge is 2.56. The zero-order valence-electron chi connectivity index (χ0n) is 39.5. The Labute approximate surface area is 397 Å². The lowest BCUT2D eigenvalue weighted by Crippen LogP contribution is -2.65. The molecule has 22 heteroatoms. The molecule has 67 heavy (non-hydrogen) atoms. The second kappa shape index (κ2) is 37.0. The molecule has 0 spiro atoms. The molecule has 0 aromatic rings. The lowest BCUT2D eigenvalue weighted by molar-refractivity contribution is -0.213. The maximum atomic E-state index is 13.1. The number of carbonyl (C=O) groups is 2. The fourth-order valence-corrected chi connectivity index (χ4v) is 9.14. The minimum Gasteiger partial charge on any atom is -0.462 e. The number of ether oxygens (including phenoxy) is 2. The summed E-state index contributed by atoms with van der Waals surface area (Å²) in [7, 11) is -16.6. The van der Waals surface area contributed by atoms with Crippen LogP contribution in [0.25, 0.3) is 0 Å². The van der Waals surface area contributed by atoms with E-state index in [1.807, 2.05) is 18.2 Å². The molecule has 1 saturated carbocycles. The van der Waals surface area contributed by atoms with Crippen LogP contribution in [0.15, 0.2) is 48.6 Å². The van der Waals surface area contributed by atoms with Crippen molar-refractivity contribution in [3.63, 3.8) is 0 Å². The molecule has 0 radical (unpaired) electrons. The number of aliphatic hydroxyl groups is 3. The molecular formula is C45H81O19P3. The average Bonchev–Trinajstić information content (AvgIpc) is 3.25. The maximum absolute atomic E-state index is 13.1. The minimum absolute atomic E-state index is 0.0698. The zero-order valence-corrected chi connectivity index (χ0v) is 42.1. The molecule has 0 aromatic heterocycles. The number of carbonyl (C=O) groups excluding carboxylic acids is 2. The smallest absolute Gasteiger partial charge is 0.462 e. The molecule has 0 bridgehead atoms. The van der Waals surface area contributed by atoms with E-state index in [9.17, 15) is 63.1 Å². The molecule has 1 fully saturated rings. The summed E-state index contributed by atoms with van der Waals surface area (Å²) >= 11 is 0. The van der Waals surface area contributed by atoms with Gasteiger partial charge in [0, 0.05) is 12.8 Å². The van der Waals surface area contributed by atoms with Crippen LogP contribution in [0, 0.1) is 0 Å². The van der Waals surface area contributed by atoms with Gasteiger partial charge in [0.25, 0.3) is 0 Å². The van der Waals surface area contributed by atoms with Crippen LogP contribution in [0.2, 0.25) is 0 Å². The first kappa shape index (κ1) is 63.1. The van der Waals surface area contributed by atoms with Crippen molar-refractivity contribution in [3.8, 4) is 0 Å². The number of phosphoric acid groups is 3. The molecular weight excluding hydrogens is 937 g/mol. The van der Waals surface area contributed by atoms with Gasteiger partial charge in [-0.2, -0.15) is 0 Å². The number of hydrogen-bond donors (Lipinski definition) is 8. The van der Waals surface area contributed by atoms with E-state index in [-0.39, 0.29) is 12.8 Å². The van der Waals surface area contributed by atoms with Gasteiger partial charge in [-0.25, -0.2) is 13.7 Å². The fraction of sp³-hybridized carbons (Fsp3) is 0.778. The van der Waals surface area contributed by atoms with Gasteiger partial charge in [0.2, 0.25) is 0 Å². The lowest BCUT2D eigenvalue weighted by Gasteiger charge is -2.44. The minimum atomic E-state index is -5.61. The molecule has 5 unspecified atom stereocenters. The summed E-state index contributed by atoms with van der Waals surface area (Å²) in [5.41, 5.74) is 0. The summed E-state index contributed by atoms with van der Waals surface area (Å²) < 4.78 is 65.4. The number of esters is 2. The Hall–Kier alpha value is -1.89. The van der Waals surface area contributed by atoms with Crippen LogP contribution in [-0.4, -0.2) is 108 Å². The number of unbranched alkanes of at least 4 members (excludes halogenated alkanes) is 16. The SMILES string of the molecule is CCCCCC=CCC=CCC=CCC=CCCCC(=O)O[C@H](COC(=O)CCCCCCCCCCCCCCC)COP(=O)(O)O[C@H]1C(O)C(O)C(OP(=O)(O)O)[C@@H](OP(=O)(O)O)C1O. The molecule has 0 amide bonds. The van der Waals surface area contributed by atoms with Crippen molar-refractivity contribution >= 4 is 35.4 Å². The summed E-state index contributed by atoms with van der Waals surface area (Å²) in [6, 6.07) is 0. The van der Waals surface area contributed by atoms with E-state index in [4.69, 9.17) is 18.5 Å². The first-order chi connectivity index (χ1) is 31.8. The zero-order chi connectivity index (χ0) is 50.0. The van der Waals surface area contributed by atoms with Crippen molar-refractivity contribution in [3.05, 3.63) is 48.6 Å². The third-order valence-electron chi connectivity index (χ3n) is 10.6. The van der Waals surface area contributed by atoms with Gasteiger partial charge in [-0.1, -0.05) is 152 Å². The molecule has 1 rings (SSSR count). The number of rotatable bonds is 40. The van der Waals surface area contributed by atoms with Gasteiger partial charge in [-0.3, -0.25) is 27.7 Å². The molecule has 0 saturated heterocycles. The van der Waals surface area contributed by atoms with E-state index in [2.05, 4.69) is 53.3 Å². The van der Waals surface area contributed by atoms with Crippen LogP contribution in [0.3, 0.4) is 0 Å². The van der Waals surface area contributed by atoms with Gasteiger partial charge in [0.05, 0.1) is 6.61 Å². The maximum Gasteiger partial charge on any atom is 0.472 e. The molecule has 8 N–H and O–H groups in total. The van der Waals surface area contributed by atoms with Gasteiger partial charge in [0.1, 0.15) is 43.2 Å². The topological polar surface area (TPSA) is 303 Å². The van der Waals surface area contributed by atoms with E-state index < -0.39 is 91.3 Å². The average molecular weight is 1020 g/mol. The Morgan fingerprint density at radius 2 is 0.881 bits per heavy atom. The van der Waals surface area contributed by atoms with Crippen LogP contribution in [0.5, 0.6) is 0 Å². The third-order valence-corrected chi connectivity index (χ3v) is 12.7. The normalized spacial score (nSPS) is 22.0. The molecule has 1 aliphatic carbocycles. The Bertz CT molecular complexity index is 1590. The summed E-state index contributed by atoms with van der Waals surface area (Å²) in [6.45, 7) is 2.87. The molecule has 8 atom stereocenters. The highest BCUT2D eigenvalue weighted by Crippen LogP contribution is 2.51.